The highest BCUT2D eigenvalue weighted by molar-refractivity contribution is 6.31. The maximum atomic E-state index is 10.8. The van der Waals surface area contributed by atoms with Gasteiger partial charge in [-0.05, 0) is 0 Å². The predicted octanol–water partition coefficient (Wildman–Crippen LogP) is 1.66. The Morgan fingerprint density at radius 3 is 2.76 bits per heavy atom. The van der Waals surface area contributed by atoms with Gasteiger partial charge in [0.1, 0.15) is 5.82 Å². The summed E-state index contributed by atoms with van der Waals surface area (Å²) in [5.74, 6) is 0.587. The number of methoxy groups -OCH3 is 1. The van der Waals surface area contributed by atoms with Crippen molar-refractivity contribution in [1.82, 2.24) is 9.97 Å². The van der Waals surface area contributed by atoms with Crippen LogP contribution in [0.4, 0.5) is 11.5 Å². The SMILES string of the molecule is CCc1nc(Cl)c([N+](=O)[O-])c(NCCOC)n1. The van der Waals surface area contributed by atoms with Crippen molar-refractivity contribution in [3.8, 4) is 0 Å². The number of hydrogen-bond donors (Lipinski definition) is 1. The Morgan fingerprint density at radius 2 is 2.24 bits per heavy atom. The number of aryl methyl sites for hydroxylation is 1. The lowest BCUT2D eigenvalue weighted by Gasteiger charge is -2.07. The largest absolute Gasteiger partial charge is 0.383 e. The summed E-state index contributed by atoms with van der Waals surface area (Å²) in [6.07, 6.45) is 0.552. The molecule has 0 unspecified atom stereocenters. The third-order valence-corrected chi connectivity index (χ3v) is 2.25. The maximum absolute atomic E-state index is 10.8. The average molecular weight is 261 g/mol. The molecule has 7 nitrogen and oxygen atoms in total. The maximum Gasteiger partial charge on any atom is 0.348 e. The molecule has 1 aromatic heterocycles. The Bertz CT molecular complexity index is 413. The average Bonchev–Trinajstić information content (AvgIpc) is 2.28. The van der Waals surface area contributed by atoms with Crippen molar-refractivity contribution in [2.75, 3.05) is 25.6 Å². The number of halogens is 1. The fourth-order valence-electron chi connectivity index (χ4n) is 1.19. The van der Waals surface area contributed by atoms with Crippen LogP contribution in [0.15, 0.2) is 0 Å². The Kier molecular flexibility index (Phi) is 5.05. The minimum Gasteiger partial charge on any atom is -0.383 e. The molecule has 0 fully saturated rings. The number of anilines is 1. The first kappa shape index (κ1) is 13.6. The number of ether oxygens (including phenoxy) is 1. The van der Waals surface area contributed by atoms with E-state index in [2.05, 4.69) is 15.3 Å². The first-order chi connectivity index (χ1) is 8.10. The summed E-state index contributed by atoms with van der Waals surface area (Å²) in [6.45, 7) is 2.67. The van der Waals surface area contributed by atoms with Gasteiger partial charge in [0.05, 0.1) is 11.5 Å². The van der Waals surface area contributed by atoms with E-state index in [1.807, 2.05) is 6.92 Å². The van der Waals surface area contributed by atoms with Crippen LogP contribution in [0.25, 0.3) is 0 Å². The molecular weight excluding hydrogens is 248 g/mol. The van der Waals surface area contributed by atoms with Crippen molar-refractivity contribution in [3.63, 3.8) is 0 Å². The molecular formula is C9H13ClN4O3. The molecule has 0 radical (unpaired) electrons. The van der Waals surface area contributed by atoms with Crippen molar-refractivity contribution in [2.24, 2.45) is 0 Å². The number of hydrogen-bond acceptors (Lipinski definition) is 6. The number of aromatic nitrogens is 2. The van der Waals surface area contributed by atoms with Crippen LogP contribution >= 0.6 is 11.6 Å². The molecule has 0 spiro atoms. The predicted molar refractivity (Wildman–Crippen MR) is 63.4 cm³/mol. The van der Waals surface area contributed by atoms with Gasteiger partial charge in [0.25, 0.3) is 0 Å². The van der Waals surface area contributed by atoms with Gasteiger partial charge in [-0.2, -0.15) is 0 Å². The number of nitrogens with zero attached hydrogens (tertiary/aromatic N) is 3. The first-order valence-electron chi connectivity index (χ1n) is 5.03. The molecule has 94 valence electrons. The standard InChI is InChI=1S/C9H13ClN4O3/c1-3-6-12-8(10)7(14(15)16)9(13-6)11-4-5-17-2/h3-5H2,1-2H3,(H,11,12,13). The Labute approximate surface area is 103 Å². The zero-order valence-electron chi connectivity index (χ0n) is 9.57. The van der Waals surface area contributed by atoms with Gasteiger partial charge in [0.2, 0.25) is 11.0 Å². The summed E-state index contributed by atoms with van der Waals surface area (Å²) < 4.78 is 4.84. The minimum atomic E-state index is -0.600. The van der Waals surface area contributed by atoms with Crippen molar-refractivity contribution < 1.29 is 9.66 Å². The van der Waals surface area contributed by atoms with Crippen LogP contribution in [0, 0.1) is 10.1 Å². The molecule has 1 N–H and O–H groups in total. The Hall–Kier alpha value is -1.47. The van der Waals surface area contributed by atoms with E-state index in [-0.39, 0.29) is 16.7 Å². The van der Waals surface area contributed by atoms with E-state index in [9.17, 15) is 10.1 Å². The van der Waals surface area contributed by atoms with E-state index in [0.717, 1.165) is 0 Å². The van der Waals surface area contributed by atoms with Gasteiger partial charge in [-0.3, -0.25) is 10.1 Å². The zero-order valence-corrected chi connectivity index (χ0v) is 10.3. The highest BCUT2D eigenvalue weighted by Crippen LogP contribution is 2.29. The second kappa shape index (κ2) is 6.31. The van der Waals surface area contributed by atoms with E-state index in [1.54, 1.807) is 7.11 Å². The molecule has 0 bridgehead atoms. The van der Waals surface area contributed by atoms with Crippen molar-refractivity contribution in [3.05, 3.63) is 21.1 Å². The molecule has 17 heavy (non-hydrogen) atoms. The fourth-order valence-corrected chi connectivity index (χ4v) is 1.44. The van der Waals surface area contributed by atoms with E-state index in [0.29, 0.717) is 25.4 Å². The Balaban J connectivity index is 3.04. The van der Waals surface area contributed by atoms with Gasteiger partial charge in [-0.1, -0.05) is 18.5 Å². The van der Waals surface area contributed by atoms with E-state index in [4.69, 9.17) is 16.3 Å². The third kappa shape index (κ3) is 3.50. The van der Waals surface area contributed by atoms with Gasteiger partial charge < -0.3 is 10.1 Å². The van der Waals surface area contributed by atoms with Crippen LogP contribution in [0.5, 0.6) is 0 Å². The molecule has 0 amide bonds. The van der Waals surface area contributed by atoms with Gasteiger partial charge in [-0.25, -0.2) is 9.97 Å². The highest BCUT2D eigenvalue weighted by atomic mass is 35.5. The monoisotopic (exact) mass is 260 g/mol. The van der Waals surface area contributed by atoms with Gasteiger partial charge >= 0.3 is 5.69 Å². The lowest BCUT2D eigenvalue weighted by atomic mass is 10.4. The number of rotatable bonds is 6. The minimum absolute atomic E-state index is 0.129. The molecule has 0 saturated carbocycles. The first-order valence-corrected chi connectivity index (χ1v) is 5.41. The summed E-state index contributed by atoms with van der Waals surface area (Å²) in [5, 5.41) is 13.5. The summed E-state index contributed by atoms with van der Waals surface area (Å²) >= 11 is 5.76. The van der Waals surface area contributed by atoms with Crippen molar-refractivity contribution in [1.29, 1.82) is 0 Å². The quantitative estimate of drug-likeness (QED) is 0.362. The molecule has 0 aliphatic carbocycles. The smallest absolute Gasteiger partial charge is 0.348 e. The van der Waals surface area contributed by atoms with Crippen LogP contribution in [0.2, 0.25) is 5.15 Å². The highest BCUT2D eigenvalue weighted by Gasteiger charge is 2.22. The van der Waals surface area contributed by atoms with Crippen molar-refractivity contribution >= 4 is 23.1 Å². The topological polar surface area (TPSA) is 90.2 Å². The number of nitrogens with one attached hydrogen (secondary N) is 1. The molecule has 1 aromatic rings. The normalized spacial score (nSPS) is 10.3. The van der Waals surface area contributed by atoms with Gasteiger partial charge in [-0.15, -0.1) is 0 Å². The second-order valence-corrected chi connectivity index (χ2v) is 3.52. The van der Waals surface area contributed by atoms with E-state index >= 15 is 0 Å². The van der Waals surface area contributed by atoms with Crippen LogP contribution in [-0.2, 0) is 11.2 Å². The molecule has 0 aliphatic heterocycles. The molecule has 1 rings (SSSR count). The van der Waals surface area contributed by atoms with E-state index < -0.39 is 4.92 Å². The molecule has 1 heterocycles. The fraction of sp³-hybridized carbons (Fsp3) is 0.556. The summed E-state index contributed by atoms with van der Waals surface area (Å²) in [7, 11) is 1.54. The Morgan fingerprint density at radius 1 is 1.53 bits per heavy atom. The number of nitro groups is 1. The molecule has 8 heteroatoms. The van der Waals surface area contributed by atoms with Crippen LogP contribution in [-0.4, -0.2) is 35.2 Å². The molecule has 0 saturated heterocycles. The molecule has 0 aromatic carbocycles. The third-order valence-electron chi connectivity index (χ3n) is 1.99. The molecule has 0 aliphatic rings. The summed E-state index contributed by atoms with van der Waals surface area (Å²) in [5.41, 5.74) is -0.306. The summed E-state index contributed by atoms with van der Waals surface area (Å²) in [6, 6.07) is 0. The van der Waals surface area contributed by atoms with Crippen LogP contribution < -0.4 is 5.32 Å². The van der Waals surface area contributed by atoms with Crippen molar-refractivity contribution in [2.45, 2.75) is 13.3 Å². The lowest BCUT2D eigenvalue weighted by Crippen LogP contribution is -2.12. The lowest BCUT2D eigenvalue weighted by molar-refractivity contribution is -0.384. The van der Waals surface area contributed by atoms with E-state index in [1.165, 1.54) is 0 Å². The van der Waals surface area contributed by atoms with Gasteiger partial charge in [0, 0.05) is 20.1 Å². The van der Waals surface area contributed by atoms with Gasteiger partial charge in [0.15, 0.2) is 0 Å². The molecule has 0 atom stereocenters. The van der Waals surface area contributed by atoms with Crippen LogP contribution in [0.3, 0.4) is 0 Å². The zero-order chi connectivity index (χ0) is 12.8. The van der Waals surface area contributed by atoms with Crippen LogP contribution in [0.1, 0.15) is 12.7 Å². The summed E-state index contributed by atoms with van der Waals surface area (Å²) in [4.78, 5) is 18.1. The second-order valence-electron chi connectivity index (χ2n) is 3.16.